The quantitative estimate of drug-likeness (QED) is 0.717. The van der Waals surface area contributed by atoms with Gasteiger partial charge in [0.15, 0.2) is 5.78 Å². The normalized spacial score (nSPS) is 11.6. The number of Topliss-reactive ketones (excluding diaryl/α,β-unsaturated/α-hetero) is 1. The fourth-order valence-corrected chi connectivity index (χ4v) is 2.76. The van der Waals surface area contributed by atoms with E-state index in [1.54, 1.807) is 12.1 Å². The number of carbonyl (C=O) groups is 1. The standard InChI is InChI=1S/C13H8BrF3OS/c14-11-4-3-8(6-10(11)13(15,16)17)12(18)7-9-2-1-5-19-9/h1-6H,7H2. The first kappa shape index (κ1) is 14.3. The third kappa shape index (κ3) is 3.45. The van der Waals surface area contributed by atoms with Gasteiger partial charge < -0.3 is 0 Å². The van der Waals surface area contributed by atoms with Gasteiger partial charge in [0.1, 0.15) is 0 Å². The summed E-state index contributed by atoms with van der Waals surface area (Å²) in [6.07, 6.45) is -4.35. The molecule has 0 amide bonds. The van der Waals surface area contributed by atoms with Crippen LogP contribution in [0, 0.1) is 0 Å². The van der Waals surface area contributed by atoms with Gasteiger partial charge in [-0.2, -0.15) is 13.2 Å². The molecule has 1 nitrogen and oxygen atoms in total. The number of ketones is 1. The average molecular weight is 349 g/mol. The molecule has 6 heteroatoms. The summed E-state index contributed by atoms with van der Waals surface area (Å²) in [4.78, 5) is 12.8. The highest BCUT2D eigenvalue weighted by Gasteiger charge is 2.33. The summed E-state index contributed by atoms with van der Waals surface area (Å²) in [5.74, 6) is -0.319. The minimum Gasteiger partial charge on any atom is -0.294 e. The Labute approximate surface area is 120 Å². The average Bonchev–Trinajstić information content (AvgIpc) is 2.80. The van der Waals surface area contributed by atoms with Gasteiger partial charge in [-0.25, -0.2) is 0 Å². The van der Waals surface area contributed by atoms with Crippen LogP contribution in [0.4, 0.5) is 13.2 Å². The molecular weight excluding hydrogens is 341 g/mol. The lowest BCUT2D eigenvalue weighted by molar-refractivity contribution is -0.138. The summed E-state index contributed by atoms with van der Waals surface area (Å²) in [6, 6.07) is 7.13. The molecule has 1 heterocycles. The van der Waals surface area contributed by atoms with Crippen molar-refractivity contribution < 1.29 is 18.0 Å². The van der Waals surface area contributed by atoms with Crippen LogP contribution in [-0.4, -0.2) is 5.78 Å². The van der Waals surface area contributed by atoms with Crippen molar-refractivity contribution in [2.75, 3.05) is 0 Å². The molecule has 0 spiro atoms. The van der Waals surface area contributed by atoms with Crippen molar-refractivity contribution in [3.8, 4) is 0 Å². The van der Waals surface area contributed by atoms with Crippen LogP contribution in [0.2, 0.25) is 0 Å². The number of hydrogen-bond acceptors (Lipinski definition) is 2. The molecule has 0 radical (unpaired) electrons. The monoisotopic (exact) mass is 348 g/mol. The molecule has 1 aromatic carbocycles. The van der Waals surface area contributed by atoms with E-state index in [4.69, 9.17) is 0 Å². The van der Waals surface area contributed by atoms with Gasteiger partial charge in [-0.15, -0.1) is 11.3 Å². The molecule has 0 aliphatic heterocycles. The van der Waals surface area contributed by atoms with E-state index in [0.717, 1.165) is 10.9 Å². The van der Waals surface area contributed by atoms with Crippen molar-refractivity contribution in [3.05, 3.63) is 56.2 Å². The van der Waals surface area contributed by atoms with Gasteiger partial charge in [0, 0.05) is 21.3 Å². The maximum Gasteiger partial charge on any atom is 0.417 e. The first-order valence-corrected chi connectivity index (χ1v) is 6.97. The van der Waals surface area contributed by atoms with Gasteiger partial charge in [-0.1, -0.05) is 28.1 Å². The highest BCUT2D eigenvalue weighted by Crippen LogP contribution is 2.35. The fourth-order valence-electron chi connectivity index (χ4n) is 1.59. The van der Waals surface area contributed by atoms with Crippen LogP contribution in [-0.2, 0) is 12.6 Å². The number of hydrogen-bond donors (Lipinski definition) is 0. The summed E-state index contributed by atoms with van der Waals surface area (Å²) >= 11 is 4.25. The van der Waals surface area contributed by atoms with Crippen molar-refractivity contribution in [1.82, 2.24) is 0 Å². The van der Waals surface area contributed by atoms with Gasteiger partial charge in [0.05, 0.1) is 5.56 Å². The lowest BCUT2D eigenvalue weighted by Gasteiger charge is -2.10. The topological polar surface area (TPSA) is 17.1 Å². The molecule has 1 aromatic heterocycles. The van der Waals surface area contributed by atoms with Crippen LogP contribution < -0.4 is 0 Å². The molecule has 0 saturated carbocycles. The van der Waals surface area contributed by atoms with E-state index in [9.17, 15) is 18.0 Å². The predicted octanol–water partition coefficient (Wildman–Crippen LogP) is 4.95. The Morgan fingerprint density at radius 1 is 1.26 bits per heavy atom. The first-order valence-electron chi connectivity index (χ1n) is 5.30. The second-order valence-corrected chi connectivity index (χ2v) is 5.76. The Morgan fingerprint density at radius 3 is 2.58 bits per heavy atom. The Balaban J connectivity index is 2.28. The van der Waals surface area contributed by atoms with Crippen LogP contribution in [0.15, 0.2) is 40.2 Å². The van der Waals surface area contributed by atoms with E-state index in [0.29, 0.717) is 0 Å². The van der Waals surface area contributed by atoms with Gasteiger partial charge in [-0.3, -0.25) is 4.79 Å². The van der Waals surface area contributed by atoms with Crippen molar-refractivity contribution in [2.24, 2.45) is 0 Å². The van der Waals surface area contributed by atoms with Crippen LogP contribution in [0.3, 0.4) is 0 Å². The molecule has 2 rings (SSSR count). The largest absolute Gasteiger partial charge is 0.417 e. The van der Waals surface area contributed by atoms with E-state index in [1.165, 1.54) is 23.5 Å². The lowest BCUT2D eigenvalue weighted by Crippen LogP contribution is -2.09. The molecule has 2 aromatic rings. The second-order valence-electron chi connectivity index (χ2n) is 3.87. The van der Waals surface area contributed by atoms with Crippen molar-refractivity contribution in [2.45, 2.75) is 12.6 Å². The summed E-state index contributed by atoms with van der Waals surface area (Å²) in [7, 11) is 0. The second kappa shape index (κ2) is 5.46. The molecule has 0 saturated heterocycles. The number of alkyl halides is 3. The van der Waals surface area contributed by atoms with Crippen LogP contribution in [0.25, 0.3) is 0 Å². The Bertz CT molecular complexity index is 590. The van der Waals surface area contributed by atoms with E-state index in [1.807, 2.05) is 5.38 Å². The smallest absolute Gasteiger partial charge is 0.294 e. The lowest BCUT2D eigenvalue weighted by atomic mass is 10.0. The SMILES string of the molecule is O=C(Cc1cccs1)c1ccc(Br)c(C(F)(F)F)c1. The third-order valence-electron chi connectivity index (χ3n) is 2.51. The number of rotatable bonds is 3. The Hall–Kier alpha value is -1.14. The predicted molar refractivity (Wildman–Crippen MR) is 71.5 cm³/mol. The molecule has 0 atom stereocenters. The summed E-state index contributed by atoms with van der Waals surface area (Å²) in [5.41, 5.74) is -0.756. The van der Waals surface area contributed by atoms with Gasteiger partial charge >= 0.3 is 6.18 Å². The van der Waals surface area contributed by atoms with Crippen LogP contribution >= 0.6 is 27.3 Å². The summed E-state index contributed by atoms with van der Waals surface area (Å²) < 4.78 is 38.1. The van der Waals surface area contributed by atoms with E-state index < -0.39 is 11.7 Å². The highest BCUT2D eigenvalue weighted by atomic mass is 79.9. The van der Waals surface area contributed by atoms with E-state index in [2.05, 4.69) is 15.9 Å². The molecule has 0 unspecified atom stereocenters. The maximum atomic E-state index is 12.7. The van der Waals surface area contributed by atoms with E-state index in [-0.39, 0.29) is 22.2 Å². The molecule has 19 heavy (non-hydrogen) atoms. The first-order chi connectivity index (χ1) is 8.88. The zero-order valence-corrected chi connectivity index (χ0v) is 11.9. The molecule has 100 valence electrons. The number of benzene rings is 1. The van der Waals surface area contributed by atoms with Crippen molar-refractivity contribution >= 4 is 33.0 Å². The molecule has 0 fully saturated rings. The third-order valence-corrected chi connectivity index (χ3v) is 4.08. The zero-order chi connectivity index (χ0) is 14.0. The van der Waals surface area contributed by atoms with Gasteiger partial charge in [0.25, 0.3) is 0 Å². The summed E-state index contributed by atoms with van der Waals surface area (Å²) in [6.45, 7) is 0. The zero-order valence-electron chi connectivity index (χ0n) is 9.50. The number of halogens is 4. The minimum absolute atomic E-state index is 0.0623. The van der Waals surface area contributed by atoms with Crippen molar-refractivity contribution in [1.29, 1.82) is 0 Å². The molecule has 0 bridgehead atoms. The van der Waals surface area contributed by atoms with Crippen LogP contribution in [0.5, 0.6) is 0 Å². The van der Waals surface area contributed by atoms with E-state index >= 15 is 0 Å². The fraction of sp³-hybridized carbons (Fsp3) is 0.154. The number of carbonyl (C=O) groups excluding carboxylic acids is 1. The Kier molecular flexibility index (Phi) is 4.10. The molecule has 0 aliphatic carbocycles. The molecule has 0 aliphatic rings. The Morgan fingerprint density at radius 2 is 2.00 bits per heavy atom. The van der Waals surface area contributed by atoms with Crippen LogP contribution in [0.1, 0.15) is 20.8 Å². The highest BCUT2D eigenvalue weighted by molar-refractivity contribution is 9.10. The molecular formula is C13H8BrF3OS. The maximum absolute atomic E-state index is 12.7. The van der Waals surface area contributed by atoms with Gasteiger partial charge in [0.2, 0.25) is 0 Å². The van der Waals surface area contributed by atoms with Gasteiger partial charge in [-0.05, 0) is 23.6 Å². The van der Waals surface area contributed by atoms with Crippen molar-refractivity contribution in [3.63, 3.8) is 0 Å². The number of thiophene rings is 1. The molecule has 0 N–H and O–H groups in total. The summed E-state index contributed by atoms with van der Waals surface area (Å²) in [5, 5.41) is 1.82. The minimum atomic E-state index is -4.47.